The third-order valence-electron chi connectivity index (χ3n) is 6.21. The molecule has 0 spiro atoms. The maximum Gasteiger partial charge on any atom is 0.402 e. The average Bonchev–Trinajstić information content (AvgIpc) is 3.11. The van der Waals surface area contributed by atoms with E-state index < -0.39 is 28.8 Å². The highest BCUT2D eigenvalue weighted by Gasteiger charge is 2.50. The molecule has 3 aliphatic rings. The second-order valence-corrected chi connectivity index (χ2v) is 9.85. The van der Waals surface area contributed by atoms with Gasteiger partial charge in [-0.15, -0.1) is 0 Å². The van der Waals surface area contributed by atoms with Crippen molar-refractivity contribution in [3.05, 3.63) is 0 Å². The number of sulfonamides is 1. The third kappa shape index (κ3) is 4.01. The SMILES string of the molecule is CS(=O)(=O)N(CC(F)(F)F)C1CCN(C(=O)C2C3CCC(C3)C2N)CC1. The van der Waals surface area contributed by atoms with E-state index in [2.05, 4.69) is 0 Å². The Kier molecular flexibility index (Phi) is 5.31. The quantitative estimate of drug-likeness (QED) is 0.772. The first-order valence-electron chi connectivity index (χ1n) is 9.05. The van der Waals surface area contributed by atoms with Crippen LogP contribution in [0.4, 0.5) is 13.2 Å². The van der Waals surface area contributed by atoms with Crippen LogP contribution in [0.5, 0.6) is 0 Å². The fourth-order valence-electron chi connectivity index (χ4n) is 4.98. The van der Waals surface area contributed by atoms with Gasteiger partial charge in [0.1, 0.15) is 6.54 Å². The van der Waals surface area contributed by atoms with Crippen LogP contribution in [-0.2, 0) is 14.8 Å². The molecule has 0 aromatic heterocycles. The van der Waals surface area contributed by atoms with Crippen molar-refractivity contribution in [2.24, 2.45) is 23.5 Å². The summed E-state index contributed by atoms with van der Waals surface area (Å²) in [5.74, 6) is 0.522. The molecule has 0 aromatic carbocycles. The van der Waals surface area contributed by atoms with Gasteiger partial charge in [0.25, 0.3) is 0 Å². The predicted octanol–water partition coefficient (Wildman–Crippen LogP) is 1.17. The summed E-state index contributed by atoms with van der Waals surface area (Å²) in [6, 6.07) is -0.860. The maximum absolute atomic E-state index is 12.8. The fraction of sp³-hybridized carbons (Fsp3) is 0.938. The van der Waals surface area contributed by atoms with E-state index in [1.807, 2.05) is 0 Å². The van der Waals surface area contributed by atoms with Crippen LogP contribution in [0.1, 0.15) is 32.1 Å². The van der Waals surface area contributed by atoms with E-state index in [4.69, 9.17) is 5.73 Å². The van der Waals surface area contributed by atoms with Crippen LogP contribution in [0.2, 0.25) is 0 Å². The molecule has 10 heteroatoms. The molecule has 26 heavy (non-hydrogen) atoms. The van der Waals surface area contributed by atoms with Crippen molar-refractivity contribution >= 4 is 15.9 Å². The molecule has 2 N–H and O–H groups in total. The minimum absolute atomic E-state index is 0.00937. The van der Waals surface area contributed by atoms with Gasteiger partial charge in [-0.25, -0.2) is 8.42 Å². The fourth-order valence-corrected chi connectivity index (χ4v) is 6.11. The van der Waals surface area contributed by atoms with Crippen molar-refractivity contribution in [3.63, 3.8) is 0 Å². The number of halogens is 3. The normalized spacial score (nSPS) is 33.2. The molecule has 4 unspecified atom stereocenters. The molecule has 4 atom stereocenters. The van der Waals surface area contributed by atoms with E-state index >= 15 is 0 Å². The molecule has 0 aromatic rings. The third-order valence-corrected chi connectivity index (χ3v) is 7.49. The number of nitrogens with two attached hydrogens (primary N) is 1. The smallest absolute Gasteiger partial charge is 0.342 e. The first-order valence-corrected chi connectivity index (χ1v) is 10.9. The Morgan fingerprint density at radius 3 is 2.19 bits per heavy atom. The molecule has 6 nitrogen and oxygen atoms in total. The maximum atomic E-state index is 12.8. The number of nitrogens with zero attached hydrogens (tertiary/aromatic N) is 2. The van der Waals surface area contributed by atoms with Gasteiger partial charge in [-0.1, -0.05) is 0 Å². The highest BCUT2D eigenvalue weighted by molar-refractivity contribution is 7.88. The summed E-state index contributed by atoms with van der Waals surface area (Å²) in [4.78, 5) is 14.5. The van der Waals surface area contributed by atoms with E-state index in [1.165, 1.54) is 0 Å². The van der Waals surface area contributed by atoms with Gasteiger partial charge in [-0.05, 0) is 43.9 Å². The molecule has 1 amide bonds. The number of hydrogen-bond acceptors (Lipinski definition) is 4. The summed E-state index contributed by atoms with van der Waals surface area (Å²) in [6.07, 6.45) is -0.301. The van der Waals surface area contributed by atoms with Gasteiger partial charge in [-0.3, -0.25) is 4.79 Å². The molecule has 2 saturated carbocycles. The summed E-state index contributed by atoms with van der Waals surface area (Å²) in [7, 11) is -3.98. The van der Waals surface area contributed by atoms with Gasteiger partial charge < -0.3 is 10.6 Å². The zero-order chi connectivity index (χ0) is 19.3. The number of hydrogen-bond donors (Lipinski definition) is 1. The number of likely N-dealkylation sites (tertiary alicyclic amines) is 1. The minimum atomic E-state index is -4.59. The monoisotopic (exact) mass is 397 g/mol. The second kappa shape index (κ2) is 6.94. The van der Waals surface area contributed by atoms with Crippen molar-refractivity contribution in [1.82, 2.24) is 9.21 Å². The van der Waals surface area contributed by atoms with Crippen LogP contribution in [0.25, 0.3) is 0 Å². The molecule has 0 radical (unpaired) electrons. The Labute approximate surface area is 151 Å². The van der Waals surface area contributed by atoms with Crippen LogP contribution < -0.4 is 5.73 Å². The number of carbonyl (C=O) groups excluding carboxylic acids is 1. The lowest BCUT2D eigenvalue weighted by Gasteiger charge is -2.40. The average molecular weight is 397 g/mol. The summed E-state index contributed by atoms with van der Waals surface area (Å²) in [6.45, 7) is -0.941. The lowest BCUT2D eigenvalue weighted by Crippen LogP contribution is -2.53. The van der Waals surface area contributed by atoms with Crippen molar-refractivity contribution in [1.29, 1.82) is 0 Å². The van der Waals surface area contributed by atoms with Crippen molar-refractivity contribution in [2.45, 2.75) is 50.4 Å². The lowest BCUT2D eigenvalue weighted by atomic mass is 9.83. The Hall–Kier alpha value is -0.870. The molecule has 1 aliphatic heterocycles. The lowest BCUT2D eigenvalue weighted by molar-refractivity contribution is -0.145. The summed E-state index contributed by atoms with van der Waals surface area (Å²) < 4.78 is 62.3. The number of carbonyl (C=O) groups is 1. The number of amides is 1. The Balaban J connectivity index is 1.62. The van der Waals surface area contributed by atoms with E-state index in [0.717, 1.165) is 25.5 Å². The number of piperidine rings is 1. The van der Waals surface area contributed by atoms with Crippen LogP contribution in [0.15, 0.2) is 0 Å². The van der Waals surface area contributed by atoms with Crippen molar-refractivity contribution in [2.75, 3.05) is 25.9 Å². The van der Waals surface area contributed by atoms with E-state index in [9.17, 15) is 26.4 Å². The van der Waals surface area contributed by atoms with Crippen molar-refractivity contribution in [3.8, 4) is 0 Å². The molecule has 2 bridgehead atoms. The summed E-state index contributed by atoms with van der Waals surface area (Å²) >= 11 is 0. The zero-order valence-corrected chi connectivity index (χ0v) is 15.6. The van der Waals surface area contributed by atoms with Gasteiger partial charge in [0.2, 0.25) is 15.9 Å². The minimum Gasteiger partial charge on any atom is -0.342 e. The van der Waals surface area contributed by atoms with Gasteiger partial charge in [0.05, 0.1) is 12.2 Å². The summed E-state index contributed by atoms with van der Waals surface area (Å²) in [5, 5.41) is 0. The molecule has 3 fully saturated rings. The molecule has 1 heterocycles. The zero-order valence-electron chi connectivity index (χ0n) is 14.8. The van der Waals surface area contributed by atoms with Crippen LogP contribution in [-0.4, -0.2) is 67.7 Å². The standard InChI is InChI=1S/C16H26F3N3O3S/c1-26(24,25)22(9-16(17,18)19)12-4-6-21(7-5-12)15(23)13-10-2-3-11(8-10)14(13)20/h10-14H,2-9,20H2,1H3. The second-order valence-electron chi connectivity index (χ2n) is 7.92. The van der Waals surface area contributed by atoms with Crippen molar-refractivity contribution < 1.29 is 26.4 Å². The molecule has 150 valence electrons. The van der Waals surface area contributed by atoms with Crippen LogP contribution in [0.3, 0.4) is 0 Å². The van der Waals surface area contributed by atoms with Gasteiger partial charge in [-0.2, -0.15) is 17.5 Å². The first kappa shape index (κ1) is 19.9. The summed E-state index contributed by atoms with van der Waals surface area (Å²) in [5.41, 5.74) is 6.21. The molecular formula is C16H26F3N3O3S. The van der Waals surface area contributed by atoms with E-state index in [0.29, 0.717) is 16.1 Å². The van der Waals surface area contributed by atoms with Gasteiger partial charge in [0.15, 0.2) is 0 Å². The van der Waals surface area contributed by atoms with Gasteiger partial charge in [0, 0.05) is 25.2 Å². The van der Waals surface area contributed by atoms with Gasteiger partial charge >= 0.3 is 6.18 Å². The predicted molar refractivity (Wildman–Crippen MR) is 89.5 cm³/mol. The molecule has 1 saturated heterocycles. The highest BCUT2D eigenvalue weighted by atomic mass is 32.2. The molecular weight excluding hydrogens is 371 g/mol. The number of rotatable bonds is 4. The number of alkyl halides is 3. The van der Waals surface area contributed by atoms with Crippen LogP contribution in [0, 0.1) is 17.8 Å². The van der Waals surface area contributed by atoms with Crippen LogP contribution >= 0.6 is 0 Å². The molecule has 3 rings (SSSR count). The van der Waals surface area contributed by atoms with E-state index in [1.54, 1.807) is 4.90 Å². The highest BCUT2D eigenvalue weighted by Crippen LogP contribution is 2.48. The Morgan fingerprint density at radius 2 is 1.73 bits per heavy atom. The molecule has 2 aliphatic carbocycles. The Bertz CT molecular complexity index is 645. The first-order chi connectivity index (χ1) is 12.0. The topological polar surface area (TPSA) is 83.7 Å². The largest absolute Gasteiger partial charge is 0.402 e. The van der Waals surface area contributed by atoms with E-state index in [-0.39, 0.29) is 43.8 Å². The Morgan fingerprint density at radius 1 is 1.15 bits per heavy atom. The number of fused-ring (bicyclic) bond motifs is 2.